The minimum absolute atomic E-state index is 0.504. The zero-order valence-corrected chi connectivity index (χ0v) is 7.47. The van der Waals surface area contributed by atoms with Crippen molar-refractivity contribution in [1.29, 1.82) is 0 Å². The zero-order chi connectivity index (χ0) is 10.6. The van der Waals surface area contributed by atoms with Gasteiger partial charge in [-0.2, -0.15) is 5.10 Å². The lowest BCUT2D eigenvalue weighted by atomic mass is 10.4. The summed E-state index contributed by atoms with van der Waals surface area (Å²) in [5.74, 6) is -1.16. The second kappa shape index (κ2) is 4.22. The highest BCUT2D eigenvalue weighted by Gasteiger charge is 2.01. The lowest BCUT2D eigenvalue weighted by Crippen LogP contribution is -2.11. The summed E-state index contributed by atoms with van der Waals surface area (Å²) in [5, 5.41) is 14.5. The van der Waals surface area contributed by atoms with E-state index < -0.39 is 11.9 Å². The molecule has 1 amide bonds. The molecule has 1 aromatic heterocycles. The number of hydrogen-bond donors (Lipinski definition) is 2. The number of carboxylic acid groups (broad SMARTS) is 1. The molecule has 1 rings (SSSR count). The summed E-state index contributed by atoms with van der Waals surface area (Å²) in [6.45, 7) is 0. The quantitative estimate of drug-likeness (QED) is 0.665. The van der Waals surface area contributed by atoms with Crippen LogP contribution in [0, 0.1) is 0 Å². The second-order valence-electron chi connectivity index (χ2n) is 2.50. The minimum Gasteiger partial charge on any atom is -0.478 e. The summed E-state index contributed by atoms with van der Waals surface area (Å²) in [5.41, 5.74) is 0. The number of aryl methyl sites for hydroxylation is 1. The molecule has 0 radical (unpaired) electrons. The monoisotopic (exact) mass is 195 g/mol. The Morgan fingerprint density at radius 2 is 2.29 bits per heavy atom. The van der Waals surface area contributed by atoms with E-state index in [1.54, 1.807) is 13.1 Å². The van der Waals surface area contributed by atoms with Crippen molar-refractivity contribution >= 4 is 17.7 Å². The number of nitrogens with zero attached hydrogens (tertiary/aromatic N) is 2. The SMILES string of the molecule is Cn1nccc1NC(=O)C=CC(=O)O. The van der Waals surface area contributed by atoms with E-state index in [0.717, 1.165) is 12.2 Å². The number of anilines is 1. The Morgan fingerprint density at radius 3 is 2.79 bits per heavy atom. The van der Waals surface area contributed by atoms with Crippen molar-refractivity contribution in [1.82, 2.24) is 9.78 Å². The van der Waals surface area contributed by atoms with Gasteiger partial charge in [-0.15, -0.1) is 0 Å². The Bertz CT molecular complexity index is 381. The lowest BCUT2D eigenvalue weighted by Gasteiger charge is -2.00. The van der Waals surface area contributed by atoms with Gasteiger partial charge >= 0.3 is 5.97 Å². The van der Waals surface area contributed by atoms with Crippen LogP contribution in [-0.2, 0) is 16.6 Å². The predicted octanol–water partition coefficient (Wildman–Crippen LogP) is -0.000600. The normalized spacial score (nSPS) is 10.4. The molecule has 0 spiro atoms. The Balaban J connectivity index is 2.58. The van der Waals surface area contributed by atoms with Crippen molar-refractivity contribution in [2.75, 3.05) is 5.32 Å². The van der Waals surface area contributed by atoms with E-state index in [2.05, 4.69) is 10.4 Å². The van der Waals surface area contributed by atoms with Crippen LogP contribution in [0.1, 0.15) is 0 Å². The molecule has 0 aliphatic rings. The maximum Gasteiger partial charge on any atom is 0.328 e. The molecule has 0 aromatic carbocycles. The third-order valence-electron chi connectivity index (χ3n) is 1.45. The van der Waals surface area contributed by atoms with Crippen molar-refractivity contribution in [2.24, 2.45) is 7.05 Å². The summed E-state index contributed by atoms with van der Waals surface area (Å²) < 4.78 is 1.46. The third-order valence-corrected chi connectivity index (χ3v) is 1.45. The Kier molecular flexibility index (Phi) is 3.01. The van der Waals surface area contributed by atoms with Gasteiger partial charge in [0.2, 0.25) is 5.91 Å². The van der Waals surface area contributed by atoms with Crippen LogP contribution in [0.25, 0.3) is 0 Å². The van der Waals surface area contributed by atoms with Gasteiger partial charge in [0, 0.05) is 25.3 Å². The summed E-state index contributed by atoms with van der Waals surface area (Å²) in [6.07, 6.45) is 3.23. The molecule has 1 aromatic rings. The van der Waals surface area contributed by atoms with E-state index >= 15 is 0 Å². The number of carboxylic acids is 1. The molecule has 6 heteroatoms. The number of amides is 1. The molecule has 0 unspecified atom stereocenters. The van der Waals surface area contributed by atoms with E-state index in [1.165, 1.54) is 10.9 Å². The summed E-state index contributed by atoms with van der Waals surface area (Å²) in [4.78, 5) is 21.2. The average Bonchev–Trinajstić information content (AvgIpc) is 2.49. The van der Waals surface area contributed by atoms with Gasteiger partial charge in [-0.1, -0.05) is 0 Å². The van der Waals surface area contributed by atoms with E-state index in [0.29, 0.717) is 5.82 Å². The van der Waals surface area contributed by atoms with Gasteiger partial charge in [-0.25, -0.2) is 4.79 Å². The number of hydrogen-bond acceptors (Lipinski definition) is 3. The van der Waals surface area contributed by atoms with Crippen LogP contribution in [0.5, 0.6) is 0 Å². The number of carbonyl (C=O) groups is 2. The van der Waals surface area contributed by atoms with Crippen LogP contribution in [-0.4, -0.2) is 26.8 Å². The maximum atomic E-state index is 11.1. The van der Waals surface area contributed by atoms with Crippen LogP contribution in [0.2, 0.25) is 0 Å². The molecule has 1 heterocycles. The number of rotatable bonds is 3. The standard InChI is InChI=1S/C8H9N3O3/c1-11-6(4-5-9-11)10-7(12)2-3-8(13)14/h2-5H,1H3,(H,10,12)(H,13,14). The highest BCUT2D eigenvalue weighted by molar-refractivity contribution is 6.01. The van der Waals surface area contributed by atoms with Crippen molar-refractivity contribution in [2.45, 2.75) is 0 Å². The van der Waals surface area contributed by atoms with E-state index in [-0.39, 0.29) is 0 Å². The average molecular weight is 195 g/mol. The smallest absolute Gasteiger partial charge is 0.328 e. The summed E-state index contributed by atoms with van der Waals surface area (Å²) in [6, 6.07) is 1.60. The van der Waals surface area contributed by atoms with Crippen LogP contribution < -0.4 is 5.32 Å². The molecule has 0 saturated heterocycles. The first-order valence-corrected chi connectivity index (χ1v) is 3.79. The van der Waals surface area contributed by atoms with Crippen LogP contribution >= 0.6 is 0 Å². The Morgan fingerprint density at radius 1 is 1.57 bits per heavy atom. The number of aromatic nitrogens is 2. The van der Waals surface area contributed by atoms with E-state index in [9.17, 15) is 9.59 Å². The Labute approximate surface area is 79.8 Å². The van der Waals surface area contributed by atoms with Crippen LogP contribution in [0.4, 0.5) is 5.82 Å². The summed E-state index contributed by atoms with van der Waals surface area (Å²) >= 11 is 0. The Hall–Kier alpha value is -2.11. The molecule has 14 heavy (non-hydrogen) atoms. The lowest BCUT2D eigenvalue weighted by molar-refractivity contribution is -0.131. The maximum absolute atomic E-state index is 11.1. The van der Waals surface area contributed by atoms with Gasteiger partial charge < -0.3 is 10.4 Å². The molecule has 2 N–H and O–H groups in total. The largest absolute Gasteiger partial charge is 0.478 e. The van der Waals surface area contributed by atoms with Gasteiger partial charge in [0.25, 0.3) is 0 Å². The molecule has 0 atom stereocenters. The van der Waals surface area contributed by atoms with Crippen molar-refractivity contribution in [3.63, 3.8) is 0 Å². The second-order valence-corrected chi connectivity index (χ2v) is 2.50. The minimum atomic E-state index is -1.16. The highest BCUT2D eigenvalue weighted by Crippen LogP contribution is 2.02. The van der Waals surface area contributed by atoms with Crippen LogP contribution in [0.3, 0.4) is 0 Å². The zero-order valence-electron chi connectivity index (χ0n) is 7.47. The van der Waals surface area contributed by atoms with E-state index in [1.807, 2.05) is 0 Å². The molecule has 0 bridgehead atoms. The summed E-state index contributed by atoms with van der Waals surface area (Å²) in [7, 11) is 1.66. The number of nitrogens with one attached hydrogen (secondary N) is 1. The fourth-order valence-corrected chi connectivity index (χ4v) is 0.811. The topological polar surface area (TPSA) is 84.2 Å². The van der Waals surface area contributed by atoms with Crippen molar-refractivity contribution in [3.05, 3.63) is 24.4 Å². The third kappa shape index (κ3) is 2.74. The van der Waals surface area contributed by atoms with Gasteiger partial charge in [-0.05, 0) is 0 Å². The van der Waals surface area contributed by atoms with Gasteiger partial charge in [0.1, 0.15) is 5.82 Å². The van der Waals surface area contributed by atoms with Crippen molar-refractivity contribution < 1.29 is 14.7 Å². The molecule has 6 nitrogen and oxygen atoms in total. The number of carbonyl (C=O) groups excluding carboxylic acids is 1. The molecule has 0 aliphatic carbocycles. The fourth-order valence-electron chi connectivity index (χ4n) is 0.811. The molecule has 0 fully saturated rings. The number of aliphatic carboxylic acids is 1. The van der Waals surface area contributed by atoms with E-state index in [4.69, 9.17) is 5.11 Å². The van der Waals surface area contributed by atoms with Crippen LogP contribution in [0.15, 0.2) is 24.4 Å². The van der Waals surface area contributed by atoms with Gasteiger partial charge in [0.05, 0.1) is 6.20 Å². The molecule has 74 valence electrons. The predicted molar refractivity (Wildman–Crippen MR) is 48.6 cm³/mol. The first kappa shape index (κ1) is 9.97. The highest BCUT2D eigenvalue weighted by atomic mass is 16.4. The molecular weight excluding hydrogens is 186 g/mol. The van der Waals surface area contributed by atoms with Gasteiger partial charge in [0.15, 0.2) is 0 Å². The first-order valence-electron chi connectivity index (χ1n) is 3.79. The molecule has 0 aliphatic heterocycles. The van der Waals surface area contributed by atoms with Crippen molar-refractivity contribution in [3.8, 4) is 0 Å². The van der Waals surface area contributed by atoms with Gasteiger partial charge in [-0.3, -0.25) is 9.48 Å². The fraction of sp³-hybridized carbons (Fsp3) is 0.125. The molecular formula is C8H9N3O3. The first-order chi connectivity index (χ1) is 6.59. The molecule has 0 saturated carbocycles.